The van der Waals surface area contributed by atoms with Gasteiger partial charge in [-0.25, -0.2) is 0 Å². The molecule has 88 valence electrons. The van der Waals surface area contributed by atoms with Crippen molar-refractivity contribution >= 4 is 11.5 Å². The maximum Gasteiger partial charge on any atom is 0.168 e. The maximum atomic E-state index is 11.7. The summed E-state index contributed by atoms with van der Waals surface area (Å²) in [4.78, 5) is 14.0. The van der Waals surface area contributed by atoms with E-state index in [0.29, 0.717) is 18.8 Å². The summed E-state index contributed by atoms with van der Waals surface area (Å²) in [6.07, 6.45) is 6.96. The smallest absolute Gasteiger partial charge is 0.168 e. The number of nitrogens with two attached hydrogens (primary N) is 1. The molecule has 1 fully saturated rings. The number of rotatable bonds is 4. The Bertz CT molecular complexity index is 355. The predicted molar refractivity (Wildman–Crippen MR) is 61.9 cm³/mol. The van der Waals surface area contributed by atoms with Crippen LogP contribution in [-0.4, -0.2) is 40.1 Å². The topological polar surface area (TPSA) is 64.1 Å². The minimum atomic E-state index is 0.199. The van der Waals surface area contributed by atoms with E-state index in [-0.39, 0.29) is 5.78 Å². The number of carbonyl (C=O) groups is 1. The van der Waals surface area contributed by atoms with Crippen LogP contribution in [0.4, 0.5) is 5.69 Å². The fourth-order valence-electron chi connectivity index (χ4n) is 2.06. The van der Waals surface area contributed by atoms with Crippen molar-refractivity contribution in [2.75, 3.05) is 25.4 Å². The first-order valence-corrected chi connectivity index (χ1v) is 5.76. The van der Waals surface area contributed by atoms with Gasteiger partial charge in [0.2, 0.25) is 0 Å². The lowest BCUT2D eigenvalue weighted by atomic mass is 10.1. The highest BCUT2D eigenvalue weighted by Crippen LogP contribution is 2.08. The number of nitrogens with zero attached hydrogens (tertiary/aromatic N) is 3. The number of aromatic nitrogens is 2. The van der Waals surface area contributed by atoms with E-state index in [2.05, 4.69) is 10.00 Å². The Morgan fingerprint density at radius 3 is 2.69 bits per heavy atom. The third kappa shape index (κ3) is 3.06. The summed E-state index contributed by atoms with van der Waals surface area (Å²) in [6.45, 7) is 2.97. The highest BCUT2D eigenvalue weighted by molar-refractivity contribution is 5.80. The van der Waals surface area contributed by atoms with E-state index in [1.165, 1.54) is 19.3 Å². The van der Waals surface area contributed by atoms with Gasteiger partial charge in [-0.1, -0.05) is 6.42 Å². The Morgan fingerprint density at radius 1 is 1.31 bits per heavy atom. The third-order valence-corrected chi connectivity index (χ3v) is 2.84. The van der Waals surface area contributed by atoms with Crippen molar-refractivity contribution in [3.05, 3.63) is 12.4 Å². The number of Topliss-reactive ketones (excluding diaryl/α,β-unsaturated/α-hetero) is 1. The number of anilines is 1. The SMILES string of the molecule is Nc1cnn(CC(=O)CN2CCCCC2)c1. The lowest BCUT2D eigenvalue weighted by Gasteiger charge is -2.25. The van der Waals surface area contributed by atoms with Crippen molar-refractivity contribution in [1.29, 1.82) is 0 Å². The molecule has 5 heteroatoms. The van der Waals surface area contributed by atoms with Crippen molar-refractivity contribution in [1.82, 2.24) is 14.7 Å². The van der Waals surface area contributed by atoms with E-state index >= 15 is 0 Å². The second-order valence-electron chi connectivity index (χ2n) is 4.35. The first-order chi connectivity index (χ1) is 7.74. The van der Waals surface area contributed by atoms with Crippen molar-refractivity contribution in [2.45, 2.75) is 25.8 Å². The van der Waals surface area contributed by atoms with E-state index in [1.807, 2.05) is 0 Å². The van der Waals surface area contributed by atoms with Crippen LogP contribution in [0.5, 0.6) is 0 Å². The van der Waals surface area contributed by atoms with Crippen LogP contribution in [0.3, 0.4) is 0 Å². The second kappa shape index (κ2) is 5.12. The summed E-state index contributed by atoms with van der Waals surface area (Å²) in [5.74, 6) is 0.199. The number of hydrogen-bond acceptors (Lipinski definition) is 4. The highest BCUT2D eigenvalue weighted by atomic mass is 16.1. The molecule has 1 aromatic rings. The molecule has 0 aromatic carbocycles. The molecule has 0 atom stereocenters. The third-order valence-electron chi connectivity index (χ3n) is 2.84. The van der Waals surface area contributed by atoms with Gasteiger partial charge in [0.1, 0.15) is 6.54 Å². The van der Waals surface area contributed by atoms with Gasteiger partial charge >= 0.3 is 0 Å². The van der Waals surface area contributed by atoms with Gasteiger partial charge in [-0.05, 0) is 25.9 Å². The normalized spacial score (nSPS) is 17.5. The van der Waals surface area contributed by atoms with E-state index in [4.69, 9.17) is 5.73 Å². The minimum Gasteiger partial charge on any atom is -0.396 e. The number of piperidine rings is 1. The van der Waals surface area contributed by atoms with E-state index in [0.717, 1.165) is 13.1 Å². The van der Waals surface area contributed by atoms with Gasteiger partial charge in [0.05, 0.1) is 18.4 Å². The van der Waals surface area contributed by atoms with Gasteiger partial charge in [0.25, 0.3) is 0 Å². The van der Waals surface area contributed by atoms with Crippen LogP contribution < -0.4 is 5.73 Å². The van der Waals surface area contributed by atoms with Gasteiger partial charge in [-0.3, -0.25) is 14.4 Å². The fourth-order valence-corrected chi connectivity index (χ4v) is 2.06. The number of hydrogen-bond donors (Lipinski definition) is 1. The molecule has 0 spiro atoms. The van der Waals surface area contributed by atoms with Crippen LogP contribution in [0, 0.1) is 0 Å². The molecular formula is C11H18N4O. The Morgan fingerprint density at radius 2 is 2.06 bits per heavy atom. The van der Waals surface area contributed by atoms with Crippen molar-refractivity contribution < 1.29 is 4.79 Å². The molecule has 0 bridgehead atoms. The molecule has 0 saturated carbocycles. The van der Waals surface area contributed by atoms with Gasteiger partial charge in [-0.15, -0.1) is 0 Å². The predicted octanol–water partition coefficient (Wildman–Crippen LogP) is 0.520. The van der Waals surface area contributed by atoms with E-state index in [9.17, 15) is 4.79 Å². The molecule has 1 aromatic heterocycles. The zero-order valence-corrected chi connectivity index (χ0v) is 9.43. The molecule has 2 heterocycles. The largest absolute Gasteiger partial charge is 0.396 e. The molecule has 0 unspecified atom stereocenters. The first-order valence-electron chi connectivity index (χ1n) is 5.76. The van der Waals surface area contributed by atoms with E-state index in [1.54, 1.807) is 17.1 Å². The van der Waals surface area contributed by atoms with Crippen LogP contribution in [0.1, 0.15) is 19.3 Å². The quantitative estimate of drug-likeness (QED) is 0.806. The minimum absolute atomic E-state index is 0.199. The zero-order valence-electron chi connectivity index (χ0n) is 9.43. The van der Waals surface area contributed by atoms with Gasteiger partial charge in [-0.2, -0.15) is 5.10 Å². The standard InChI is InChI=1S/C11H18N4O/c12-10-6-13-15(7-10)9-11(16)8-14-4-2-1-3-5-14/h6-7H,1-5,8-9,12H2. The molecule has 0 radical (unpaired) electrons. The molecule has 0 aliphatic carbocycles. The monoisotopic (exact) mass is 222 g/mol. The number of ketones is 1. The van der Waals surface area contributed by atoms with Gasteiger partial charge in [0, 0.05) is 6.20 Å². The average molecular weight is 222 g/mol. The van der Waals surface area contributed by atoms with Crippen LogP contribution in [0.15, 0.2) is 12.4 Å². The van der Waals surface area contributed by atoms with Crippen LogP contribution >= 0.6 is 0 Å². The van der Waals surface area contributed by atoms with Crippen molar-refractivity contribution in [3.63, 3.8) is 0 Å². The summed E-state index contributed by atoms with van der Waals surface area (Å²) >= 11 is 0. The van der Waals surface area contributed by atoms with Crippen molar-refractivity contribution in [3.8, 4) is 0 Å². The number of likely N-dealkylation sites (tertiary alicyclic amines) is 1. The van der Waals surface area contributed by atoms with Crippen molar-refractivity contribution in [2.24, 2.45) is 0 Å². The molecule has 1 aliphatic heterocycles. The van der Waals surface area contributed by atoms with Crippen LogP contribution in [0.2, 0.25) is 0 Å². The van der Waals surface area contributed by atoms with Crippen LogP contribution in [-0.2, 0) is 11.3 Å². The second-order valence-corrected chi connectivity index (χ2v) is 4.35. The Kier molecular flexibility index (Phi) is 3.56. The fraction of sp³-hybridized carbons (Fsp3) is 0.636. The molecular weight excluding hydrogens is 204 g/mol. The van der Waals surface area contributed by atoms with Gasteiger partial charge < -0.3 is 5.73 Å². The summed E-state index contributed by atoms with van der Waals surface area (Å²) in [7, 11) is 0. The lowest BCUT2D eigenvalue weighted by Crippen LogP contribution is -2.35. The molecule has 1 aliphatic rings. The highest BCUT2D eigenvalue weighted by Gasteiger charge is 2.14. The summed E-state index contributed by atoms with van der Waals surface area (Å²) in [5.41, 5.74) is 6.14. The summed E-state index contributed by atoms with van der Waals surface area (Å²) in [5, 5.41) is 4.00. The molecule has 2 rings (SSSR count). The van der Waals surface area contributed by atoms with E-state index < -0.39 is 0 Å². The lowest BCUT2D eigenvalue weighted by molar-refractivity contribution is -0.121. The molecule has 5 nitrogen and oxygen atoms in total. The number of nitrogen functional groups attached to an aromatic ring is 1. The maximum absolute atomic E-state index is 11.7. The van der Waals surface area contributed by atoms with Gasteiger partial charge in [0.15, 0.2) is 5.78 Å². The first kappa shape index (κ1) is 11.1. The summed E-state index contributed by atoms with van der Waals surface area (Å²) in [6, 6.07) is 0. The zero-order chi connectivity index (χ0) is 11.4. The Labute approximate surface area is 95.2 Å². The molecule has 16 heavy (non-hydrogen) atoms. The average Bonchev–Trinajstić information content (AvgIpc) is 2.65. The molecule has 0 amide bonds. The Hall–Kier alpha value is -1.36. The Balaban J connectivity index is 1.79. The summed E-state index contributed by atoms with van der Waals surface area (Å²) < 4.78 is 1.60. The van der Waals surface area contributed by atoms with Crippen LogP contribution in [0.25, 0.3) is 0 Å². The number of carbonyl (C=O) groups excluding carboxylic acids is 1. The molecule has 2 N–H and O–H groups in total. The molecule has 1 saturated heterocycles.